The Morgan fingerprint density at radius 3 is 1.35 bits per heavy atom. The Hall–Kier alpha value is -6.55. The molecule has 0 radical (unpaired) electrons. The van der Waals surface area contributed by atoms with E-state index in [1.54, 1.807) is 25.3 Å². The van der Waals surface area contributed by atoms with Crippen molar-refractivity contribution >= 4 is 112 Å². The SMILES string of the molecule is CNc1cc(C)c(/C=C/S(=O)(=O)N2CCC3(CC2)N=C(c2cccc(OC(F)(F)F)c2)NC3=O)c(C)c1.Cc1cc(N(C)C(=O)CCl)cc(C)c1/C=C/S(=O)(=O)N1CCC2(CC1)N=C(c1cccc(OC(F)(F)F)c1)NC2=O.O=C(Cl)Cl. The van der Waals surface area contributed by atoms with E-state index < -0.39 is 71.9 Å². The topological polar surface area (TPSA) is 226 Å². The molecule has 29 heteroatoms. The van der Waals surface area contributed by atoms with Crippen molar-refractivity contribution in [2.45, 2.75) is 77.2 Å². The summed E-state index contributed by atoms with van der Waals surface area (Å²) in [5.41, 5.74) is 4.60. The number of sulfonamides is 2. The first-order valence-corrected chi connectivity index (χ1v) is 29.0. The third-order valence-electron chi connectivity index (χ3n) is 13.6. The van der Waals surface area contributed by atoms with Crippen LogP contribution in [0.5, 0.6) is 11.5 Å². The number of alkyl halides is 7. The zero-order chi connectivity index (χ0) is 60.8. The second-order valence-electron chi connectivity index (χ2n) is 19.1. The predicted molar refractivity (Wildman–Crippen MR) is 301 cm³/mol. The highest BCUT2D eigenvalue weighted by molar-refractivity contribution is 7.92. The Balaban J connectivity index is 0.000000249. The van der Waals surface area contributed by atoms with Crippen molar-refractivity contribution < 1.29 is 71.8 Å². The smallest absolute Gasteiger partial charge is 0.406 e. The largest absolute Gasteiger partial charge is 0.573 e. The number of anilines is 2. The van der Waals surface area contributed by atoms with Crippen molar-refractivity contribution in [3.05, 3.63) is 128 Å². The lowest BCUT2D eigenvalue weighted by Gasteiger charge is -2.34. The van der Waals surface area contributed by atoms with Crippen LogP contribution in [0.3, 0.4) is 0 Å². The molecule has 3 N–H and O–H groups in total. The molecule has 2 spiro atoms. The lowest BCUT2D eigenvalue weighted by Crippen LogP contribution is -2.50. The van der Waals surface area contributed by atoms with Crippen molar-refractivity contribution in [2.24, 2.45) is 9.98 Å². The number of carbonyl (C=O) groups is 4. The molecule has 3 amide bonds. The maximum absolute atomic E-state index is 13.1. The van der Waals surface area contributed by atoms with Gasteiger partial charge in [-0.1, -0.05) is 24.3 Å². The first kappa shape index (κ1) is 64.6. The summed E-state index contributed by atoms with van der Waals surface area (Å²) in [6, 6.07) is 17.7. The van der Waals surface area contributed by atoms with Gasteiger partial charge in [-0.15, -0.1) is 37.9 Å². The van der Waals surface area contributed by atoms with E-state index in [2.05, 4.69) is 58.6 Å². The fourth-order valence-electron chi connectivity index (χ4n) is 9.39. The molecule has 4 heterocycles. The fourth-order valence-corrected chi connectivity index (χ4v) is 11.9. The molecule has 4 aromatic carbocycles. The molecule has 4 aliphatic rings. The molecule has 82 heavy (non-hydrogen) atoms. The molecule has 2 fully saturated rings. The van der Waals surface area contributed by atoms with Crippen LogP contribution in [0, 0.1) is 27.7 Å². The Kier molecular flexibility index (Phi) is 20.4. The minimum Gasteiger partial charge on any atom is -0.406 e. The summed E-state index contributed by atoms with van der Waals surface area (Å²) >= 11 is 14.4. The number of nitrogens with one attached hydrogen (secondary N) is 3. The average Bonchev–Trinajstić information content (AvgIpc) is 3.09. The number of halogens is 9. The van der Waals surface area contributed by atoms with E-state index in [0.717, 1.165) is 63.2 Å². The van der Waals surface area contributed by atoms with Gasteiger partial charge in [-0.25, -0.2) is 16.8 Å². The van der Waals surface area contributed by atoms with Crippen LogP contribution in [-0.2, 0) is 34.4 Å². The number of carbonyl (C=O) groups excluding carboxylic acids is 4. The lowest BCUT2D eigenvalue weighted by atomic mass is 9.89. The monoisotopic (exact) mass is 1250 g/mol. The number of amides is 3. The van der Waals surface area contributed by atoms with Crippen LogP contribution < -0.4 is 30.3 Å². The maximum Gasteiger partial charge on any atom is 0.573 e. The molecule has 0 aromatic heterocycles. The number of benzene rings is 4. The number of ether oxygens (including phenoxy) is 2. The van der Waals surface area contributed by atoms with Gasteiger partial charge in [0, 0.05) is 73.6 Å². The predicted octanol–water partition coefficient (Wildman–Crippen LogP) is 9.65. The van der Waals surface area contributed by atoms with E-state index in [-0.39, 0.29) is 86.4 Å². The van der Waals surface area contributed by atoms with Crippen LogP contribution in [0.4, 0.5) is 42.5 Å². The van der Waals surface area contributed by atoms with Gasteiger partial charge in [0.2, 0.25) is 26.0 Å². The van der Waals surface area contributed by atoms with Crippen molar-refractivity contribution in [1.29, 1.82) is 0 Å². The Bertz CT molecular complexity index is 3420. The van der Waals surface area contributed by atoms with E-state index >= 15 is 0 Å². The number of aliphatic imine (C=N–C) groups is 2. The number of nitrogens with zero attached hydrogens (tertiary/aromatic N) is 5. The third kappa shape index (κ3) is 16.4. The van der Waals surface area contributed by atoms with E-state index in [4.69, 9.17) is 16.4 Å². The fraction of sp³-hybridized carbons (Fsp3) is 0.358. The first-order chi connectivity index (χ1) is 38.2. The lowest BCUT2D eigenvalue weighted by molar-refractivity contribution is -0.275. The molecular formula is C53H55Cl3F6N8O10S2. The molecule has 2 saturated heterocycles. The number of piperidine rings is 2. The van der Waals surface area contributed by atoms with Gasteiger partial charge >= 0.3 is 17.4 Å². The minimum absolute atomic E-state index is 0.0241. The molecule has 0 unspecified atom stereocenters. The first-order valence-electron chi connectivity index (χ1n) is 24.7. The van der Waals surface area contributed by atoms with Gasteiger partial charge in [-0.2, -0.15) is 8.61 Å². The van der Waals surface area contributed by atoms with Crippen molar-refractivity contribution in [2.75, 3.05) is 56.4 Å². The molecule has 0 saturated carbocycles. The Labute approximate surface area is 484 Å². The van der Waals surface area contributed by atoms with Crippen molar-refractivity contribution in [1.82, 2.24) is 19.2 Å². The molecular weight excluding hydrogens is 1190 g/mol. The number of amidine groups is 2. The van der Waals surface area contributed by atoms with Gasteiger partial charge in [0.25, 0.3) is 11.8 Å². The molecule has 18 nitrogen and oxygen atoms in total. The van der Waals surface area contributed by atoms with Crippen molar-refractivity contribution in [3.63, 3.8) is 0 Å². The van der Waals surface area contributed by atoms with Crippen LogP contribution in [0.2, 0.25) is 0 Å². The summed E-state index contributed by atoms with van der Waals surface area (Å²) in [7, 11) is -4.17. The molecule has 0 atom stereocenters. The molecule has 0 aliphatic carbocycles. The maximum atomic E-state index is 13.1. The van der Waals surface area contributed by atoms with Gasteiger partial charge in [0.15, 0.2) is 0 Å². The molecule has 4 aliphatic heterocycles. The van der Waals surface area contributed by atoms with Crippen LogP contribution in [0.15, 0.2) is 93.6 Å². The minimum atomic E-state index is -4.87. The van der Waals surface area contributed by atoms with Crippen LogP contribution in [0.25, 0.3) is 12.2 Å². The number of hydrogen-bond donors (Lipinski definition) is 3. The number of hydrogen-bond acceptors (Lipinski definition) is 13. The summed E-state index contributed by atoms with van der Waals surface area (Å²) in [4.78, 5) is 57.0. The summed E-state index contributed by atoms with van der Waals surface area (Å²) in [6.07, 6.45) is -6.14. The molecule has 4 aromatic rings. The van der Waals surface area contributed by atoms with E-state index in [1.807, 2.05) is 46.9 Å². The van der Waals surface area contributed by atoms with Crippen LogP contribution >= 0.6 is 34.8 Å². The van der Waals surface area contributed by atoms with Gasteiger partial charge in [-0.05, 0) is 171 Å². The van der Waals surface area contributed by atoms with Gasteiger partial charge in [-0.3, -0.25) is 29.2 Å². The van der Waals surface area contributed by atoms with E-state index in [9.17, 15) is 57.6 Å². The van der Waals surface area contributed by atoms with E-state index in [0.29, 0.717) is 11.3 Å². The zero-order valence-electron chi connectivity index (χ0n) is 44.6. The highest BCUT2D eigenvalue weighted by atomic mass is 35.5. The van der Waals surface area contributed by atoms with Gasteiger partial charge < -0.3 is 30.3 Å². The molecule has 442 valence electrons. The van der Waals surface area contributed by atoms with E-state index in [1.165, 1.54) is 49.3 Å². The van der Waals surface area contributed by atoms with Crippen LogP contribution in [0.1, 0.15) is 70.2 Å². The van der Waals surface area contributed by atoms with Gasteiger partial charge in [0.05, 0.1) is 0 Å². The van der Waals surface area contributed by atoms with Gasteiger partial charge in [0.1, 0.15) is 40.1 Å². The Morgan fingerprint density at radius 2 is 1.02 bits per heavy atom. The highest BCUT2D eigenvalue weighted by Gasteiger charge is 2.49. The zero-order valence-corrected chi connectivity index (χ0v) is 48.5. The third-order valence-corrected chi connectivity index (χ3v) is 17.0. The molecule has 8 rings (SSSR count). The second kappa shape index (κ2) is 25.9. The summed E-state index contributed by atoms with van der Waals surface area (Å²) < 4.78 is 137. The summed E-state index contributed by atoms with van der Waals surface area (Å²) in [5, 5.41) is 10.6. The van der Waals surface area contributed by atoms with Crippen molar-refractivity contribution in [3.8, 4) is 11.5 Å². The highest BCUT2D eigenvalue weighted by Crippen LogP contribution is 2.36. The molecule has 0 bridgehead atoms. The number of aryl methyl sites for hydroxylation is 4. The van der Waals surface area contributed by atoms with Crippen LogP contribution in [-0.4, -0.2) is 129 Å². The normalized spacial score (nSPS) is 17.3. The second-order valence-corrected chi connectivity index (χ2v) is 23.9. The standard InChI is InChI=1S/C27H28ClF3N4O5S.C25H27F3N4O4S.CCl2O/c1-17-13-20(34(3)23(36)16-28)14-18(2)22(17)7-12-41(38,39)35-10-8-26(9-11-35)25(37)32-24(33-26)19-5-4-6-21(15-19)40-27(29,30)31;1-16-13-19(29-3)14-17(2)21(16)7-12-37(34,35)32-10-8-24(9-11-32)23(33)30-22(31-24)18-5-4-6-20(15-18)36-25(26,27)28;2-1(3)4/h4-7,12-15H,8-11,16H2,1-3H3,(H,32,33,37);4-7,12-15,29H,8-11H2,1-3H3,(H,30,31,33);/b2*12-7+;. The Morgan fingerprint density at radius 1 is 0.671 bits per heavy atom. The summed E-state index contributed by atoms with van der Waals surface area (Å²) in [6.45, 7) is 7.63. The number of rotatable bonds is 13. The average molecular weight is 1250 g/mol. The summed E-state index contributed by atoms with van der Waals surface area (Å²) in [5.74, 6) is -1.92. The quantitative estimate of drug-likeness (QED) is 0.0649.